The van der Waals surface area contributed by atoms with E-state index >= 15 is 0 Å². The minimum absolute atomic E-state index is 0.0189. The summed E-state index contributed by atoms with van der Waals surface area (Å²) in [6, 6.07) is 1.65. The monoisotopic (exact) mass is 236 g/mol. The lowest BCUT2D eigenvalue weighted by Crippen LogP contribution is -2.36. The molecule has 1 aromatic heterocycles. The second kappa shape index (κ2) is 4.69. The van der Waals surface area contributed by atoms with Crippen molar-refractivity contribution in [2.24, 2.45) is 0 Å². The molecule has 0 bridgehead atoms. The normalized spacial score (nSPS) is 19.6. The van der Waals surface area contributed by atoms with Crippen molar-refractivity contribution in [3.8, 4) is 0 Å². The smallest absolute Gasteiger partial charge is 0.292 e. The quantitative estimate of drug-likeness (QED) is 0.799. The highest BCUT2D eigenvalue weighted by Crippen LogP contribution is 2.22. The number of amides is 1. The van der Waals surface area contributed by atoms with Gasteiger partial charge in [-0.1, -0.05) is 5.16 Å². The lowest BCUT2D eigenvalue weighted by molar-refractivity contribution is -0.117. The van der Waals surface area contributed by atoms with Gasteiger partial charge in [0.25, 0.3) is 5.91 Å². The first kappa shape index (κ1) is 11.8. The highest BCUT2D eigenvalue weighted by Gasteiger charge is 2.31. The van der Waals surface area contributed by atoms with Gasteiger partial charge in [-0.3, -0.25) is 9.59 Å². The van der Waals surface area contributed by atoms with E-state index in [0.717, 1.165) is 12.8 Å². The molecule has 92 valence electrons. The van der Waals surface area contributed by atoms with Gasteiger partial charge in [-0.25, -0.2) is 0 Å². The van der Waals surface area contributed by atoms with Crippen molar-refractivity contribution in [3.63, 3.8) is 0 Å². The maximum absolute atomic E-state index is 12.1. The fourth-order valence-corrected chi connectivity index (χ4v) is 2.25. The molecule has 0 saturated carbocycles. The molecular formula is C12H16N2O3. The first-order valence-electron chi connectivity index (χ1n) is 5.81. The number of hydrogen-bond donors (Lipinski definition) is 0. The highest BCUT2D eigenvalue weighted by molar-refractivity contribution is 5.92. The zero-order valence-electron chi connectivity index (χ0n) is 10.1. The molecule has 0 radical (unpaired) electrons. The van der Waals surface area contributed by atoms with Crippen LogP contribution in [-0.4, -0.2) is 34.3 Å². The Hall–Kier alpha value is -1.65. The maximum Gasteiger partial charge on any atom is 0.292 e. The predicted molar refractivity (Wildman–Crippen MR) is 60.6 cm³/mol. The topological polar surface area (TPSA) is 63.4 Å². The molecule has 0 N–H and O–H groups in total. The zero-order valence-corrected chi connectivity index (χ0v) is 10.1. The van der Waals surface area contributed by atoms with Gasteiger partial charge in [0, 0.05) is 25.1 Å². The van der Waals surface area contributed by atoms with Crippen molar-refractivity contribution in [2.45, 2.75) is 39.2 Å². The molecule has 2 rings (SSSR count). The van der Waals surface area contributed by atoms with Crippen LogP contribution in [0.3, 0.4) is 0 Å². The van der Waals surface area contributed by atoms with Crippen LogP contribution >= 0.6 is 0 Å². The molecule has 1 unspecified atom stereocenters. The lowest BCUT2D eigenvalue weighted by atomic mass is 10.1. The summed E-state index contributed by atoms with van der Waals surface area (Å²) in [6.45, 7) is 4.02. The van der Waals surface area contributed by atoms with Crippen LogP contribution in [0, 0.1) is 6.92 Å². The van der Waals surface area contributed by atoms with E-state index in [4.69, 9.17) is 4.52 Å². The van der Waals surface area contributed by atoms with Crippen LogP contribution in [0.25, 0.3) is 0 Å². The largest absolute Gasteiger partial charge is 0.351 e. The van der Waals surface area contributed by atoms with Gasteiger partial charge in [-0.2, -0.15) is 0 Å². The molecule has 1 atom stereocenters. The summed E-state index contributed by atoms with van der Waals surface area (Å²) in [7, 11) is 0. The zero-order chi connectivity index (χ0) is 12.4. The molecule has 0 spiro atoms. The van der Waals surface area contributed by atoms with E-state index < -0.39 is 0 Å². The van der Waals surface area contributed by atoms with E-state index in [0.29, 0.717) is 18.7 Å². The molecular weight excluding hydrogens is 220 g/mol. The van der Waals surface area contributed by atoms with Gasteiger partial charge in [0.2, 0.25) is 5.76 Å². The van der Waals surface area contributed by atoms with Gasteiger partial charge in [0.15, 0.2) is 0 Å². The summed E-state index contributed by atoms with van der Waals surface area (Å²) in [5, 5.41) is 3.71. The first-order chi connectivity index (χ1) is 8.08. The average molecular weight is 236 g/mol. The van der Waals surface area contributed by atoms with E-state index in [9.17, 15) is 9.59 Å². The van der Waals surface area contributed by atoms with Crippen LogP contribution < -0.4 is 0 Å². The van der Waals surface area contributed by atoms with Crippen molar-refractivity contribution in [1.82, 2.24) is 10.1 Å². The Balaban J connectivity index is 2.10. The van der Waals surface area contributed by atoms with Crippen molar-refractivity contribution >= 4 is 11.7 Å². The number of Topliss-reactive ketones (excluding diaryl/α,β-unsaturated/α-hetero) is 1. The third-order valence-electron chi connectivity index (χ3n) is 3.00. The first-order valence-corrected chi connectivity index (χ1v) is 5.81. The van der Waals surface area contributed by atoms with Gasteiger partial charge in [-0.15, -0.1) is 0 Å². The van der Waals surface area contributed by atoms with Crippen LogP contribution in [-0.2, 0) is 4.79 Å². The number of likely N-dealkylation sites (tertiary alicyclic amines) is 1. The molecule has 5 heteroatoms. The number of hydrogen-bond acceptors (Lipinski definition) is 4. The Labute approximate surface area is 99.8 Å². The lowest BCUT2D eigenvalue weighted by Gasteiger charge is -2.22. The predicted octanol–water partition coefficient (Wildman–Crippen LogP) is 1.57. The number of nitrogens with zero attached hydrogens (tertiary/aromatic N) is 2. The Morgan fingerprint density at radius 3 is 2.94 bits per heavy atom. The minimum Gasteiger partial charge on any atom is -0.351 e. The molecule has 1 aliphatic heterocycles. The van der Waals surface area contributed by atoms with Crippen molar-refractivity contribution in [2.75, 3.05) is 6.54 Å². The summed E-state index contributed by atoms with van der Waals surface area (Å²) in [5.41, 5.74) is 0.690. The molecule has 1 aliphatic rings. The fourth-order valence-electron chi connectivity index (χ4n) is 2.25. The van der Waals surface area contributed by atoms with Gasteiger partial charge in [-0.05, 0) is 26.7 Å². The van der Waals surface area contributed by atoms with E-state index in [1.54, 1.807) is 24.8 Å². The van der Waals surface area contributed by atoms with E-state index in [1.165, 1.54) is 0 Å². The second-order valence-corrected chi connectivity index (χ2v) is 4.53. The molecule has 17 heavy (non-hydrogen) atoms. The van der Waals surface area contributed by atoms with Crippen molar-refractivity contribution < 1.29 is 14.1 Å². The Bertz CT molecular complexity index is 439. The molecule has 1 amide bonds. The number of carbonyl (C=O) groups is 2. The summed E-state index contributed by atoms with van der Waals surface area (Å²) < 4.78 is 4.97. The van der Waals surface area contributed by atoms with Crippen molar-refractivity contribution in [3.05, 3.63) is 17.5 Å². The number of aryl methyl sites for hydroxylation is 1. The third-order valence-corrected chi connectivity index (χ3v) is 3.00. The summed E-state index contributed by atoms with van der Waals surface area (Å²) in [4.78, 5) is 25.0. The standard InChI is InChI=1S/C12H16N2O3/c1-8-6-11(17-13-8)12(16)14-5-3-4-10(14)7-9(2)15/h6,10H,3-5,7H2,1-2H3. The number of aromatic nitrogens is 1. The van der Waals surface area contributed by atoms with Crippen LogP contribution in [0.15, 0.2) is 10.6 Å². The van der Waals surface area contributed by atoms with Crippen molar-refractivity contribution in [1.29, 1.82) is 0 Å². The van der Waals surface area contributed by atoms with Crippen LogP contribution in [0.5, 0.6) is 0 Å². The van der Waals surface area contributed by atoms with Gasteiger partial charge >= 0.3 is 0 Å². The van der Waals surface area contributed by atoms with Gasteiger partial charge in [0.1, 0.15) is 5.78 Å². The van der Waals surface area contributed by atoms with Gasteiger partial charge in [0.05, 0.1) is 5.69 Å². The summed E-state index contributed by atoms with van der Waals surface area (Å²) >= 11 is 0. The molecule has 0 aromatic carbocycles. The highest BCUT2D eigenvalue weighted by atomic mass is 16.5. The van der Waals surface area contributed by atoms with Crippen LogP contribution in [0.4, 0.5) is 0 Å². The third kappa shape index (κ3) is 2.54. The van der Waals surface area contributed by atoms with E-state index in [1.807, 2.05) is 0 Å². The number of carbonyl (C=O) groups excluding carboxylic acids is 2. The van der Waals surface area contributed by atoms with E-state index in [2.05, 4.69) is 5.16 Å². The minimum atomic E-state index is -0.158. The number of rotatable bonds is 3. The second-order valence-electron chi connectivity index (χ2n) is 4.53. The molecule has 0 aliphatic carbocycles. The van der Waals surface area contributed by atoms with Gasteiger partial charge < -0.3 is 9.42 Å². The average Bonchev–Trinajstić information content (AvgIpc) is 2.85. The van der Waals surface area contributed by atoms with Crippen LogP contribution in [0.1, 0.15) is 42.4 Å². The molecule has 2 heterocycles. The molecule has 5 nitrogen and oxygen atoms in total. The molecule has 1 fully saturated rings. The fraction of sp³-hybridized carbons (Fsp3) is 0.583. The Morgan fingerprint density at radius 1 is 1.59 bits per heavy atom. The number of ketones is 1. The SMILES string of the molecule is CC(=O)CC1CCCN1C(=O)c1cc(C)no1. The summed E-state index contributed by atoms with van der Waals surface area (Å²) in [6.07, 6.45) is 2.26. The maximum atomic E-state index is 12.1. The Morgan fingerprint density at radius 2 is 2.35 bits per heavy atom. The van der Waals surface area contributed by atoms with E-state index in [-0.39, 0.29) is 23.5 Å². The molecule has 1 aromatic rings. The summed E-state index contributed by atoms with van der Waals surface area (Å²) in [5.74, 6) is 0.218. The van der Waals surface area contributed by atoms with Crippen LogP contribution in [0.2, 0.25) is 0 Å². The Kier molecular flexibility index (Phi) is 3.26. The molecule has 1 saturated heterocycles.